The van der Waals surface area contributed by atoms with E-state index in [2.05, 4.69) is 0 Å². The van der Waals surface area contributed by atoms with Crippen LogP contribution in [-0.4, -0.2) is 11.7 Å². The first-order valence-electron chi connectivity index (χ1n) is 9.04. The van der Waals surface area contributed by atoms with Gasteiger partial charge in [0, 0.05) is 10.6 Å². The number of alkyl halides is 3. The van der Waals surface area contributed by atoms with Gasteiger partial charge in [-0.25, -0.2) is 0 Å². The summed E-state index contributed by atoms with van der Waals surface area (Å²) in [5.41, 5.74) is 0.680. The monoisotopic (exact) mass is 429 g/mol. The number of aryl methyl sites for hydroxylation is 1. The predicted octanol–water partition coefficient (Wildman–Crippen LogP) is 6.52. The van der Waals surface area contributed by atoms with Crippen LogP contribution in [-0.2, 0) is 15.7 Å². The lowest BCUT2D eigenvalue weighted by Crippen LogP contribution is -2.14. The van der Waals surface area contributed by atoms with Gasteiger partial charge in [-0.15, -0.1) is 0 Å². The Balaban J connectivity index is 1.79. The van der Waals surface area contributed by atoms with Gasteiger partial charge in [0.25, 0.3) is 0 Å². The molecular formula is C23H15ClF3NO2. The molecule has 0 aliphatic carbocycles. The third-order valence-corrected chi connectivity index (χ3v) is 5.38. The molecule has 3 nitrogen and oxygen atoms in total. The van der Waals surface area contributed by atoms with Gasteiger partial charge in [0.1, 0.15) is 5.92 Å². The fraction of sp³-hybridized carbons (Fsp3) is 0.130. The number of benzene rings is 3. The molecule has 1 heterocycles. The van der Waals surface area contributed by atoms with E-state index in [0.29, 0.717) is 10.6 Å². The highest BCUT2D eigenvalue weighted by atomic mass is 35.5. The molecule has 1 unspecified atom stereocenters. The summed E-state index contributed by atoms with van der Waals surface area (Å²) in [6.07, 6.45) is -3.09. The van der Waals surface area contributed by atoms with Crippen molar-refractivity contribution >= 4 is 40.1 Å². The van der Waals surface area contributed by atoms with Gasteiger partial charge >= 0.3 is 6.18 Å². The second kappa shape index (κ2) is 7.29. The number of hydrogen-bond donors (Lipinski definition) is 1. The number of ether oxygens (including phenoxy) is 1. The topological polar surface area (TPSA) is 50.1 Å². The van der Waals surface area contributed by atoms with Crippen LogP contribution in [0.4, 0.5) is 13.2 Å². The quantitative estimate of drug-likeness (QED) is 0.471. The van der Waals surface area contributed by atoms with Crippen LogP contribution in [0.2, 0.25) is 5.02 Å². The molecule has 0 amide bonds. The molecule has 1 saturated heterocycles. The second-order valence-electron chi connectivity index (χ2n) is 7.03. The van der Waals surface area contributed by atoms with E-state index < -0.39 is 29.3 Å². The Bertz CT molecular complexity index is 1230. The van der Waals surface area contributed by atoms with Gasteiger partial charge in [-0.05, 0) is 47.0 Å². The number of allylic oxidation sites excluding steroid dienone is 1. The summed E-state index contributed by atoms with van der Waals surface area (Å²) >= 11 is 6.37. The number of nitrogens with one attached hydrogen (secondary N) is 1. The van der Waals surface area contributed by atoms with Crippen molar-refractivity contribution in [1.29, 1.82) is 5.41 Å². The molecule has 1 aliphatic heterocycles. The van der Waals surface area contributed by atoms with Crippen molar-refractivity contribution in [3.8, 4) is 0 Å². The van der Waals surface area contributed by atoms with Crippen LogP contribution in [0.15, 0.2) is 60.4 Å². The van der Waals surface area contributed by atoms with Crippen LogP contribution in [0, 0.1) is 12.3 Å². The van der Waals surface area contributed by atoms with Crippen molar-refractivity contribution in [2.75, 3.05) is 0 Å². The van der Waals surface area contributed by atoms with Crippen LogP contribution >= 0.6 is 11.6 Å². The maximum absolute atomic E-state index is 13.0. The van der Waals surface area contributed by atoms with Gasteiger partial charge < -0.3 is 4.74 Å². The first kappa shape index (κ1) is 20.2. The van der Waals surface area contributed by atoms with Crippen molar-refractivity contribution in [3.63, 3.8) is 0 Å². The Kier molecular flexibility index (Phi) is 4.90. The second-order valence-corrected chi connectivity index (χ2v) is 7.44. The highest BCUT2D eigenvalue weighted by Gasteiger charge is 2.40. The first-order valence-corrected chi connectivity index (χ1v) is 9.42. The van der Waals surface area contributed by atoms with Crippen LogP contribution in [0.1, 0.15) is 28.2 Å². The van der Waals surface area contributed by atoms with Gasteiger partial charge in [-0.2, -0.15) is 13.2 Å². The lowest BCUT2D eigenvalue weighted by atomic mass is 9.93. The summed E-state index contributed by atoms with van der Waals surface area (Å²) in [6, 6.07) is 13.7. The summed E-state index contributed by atoms with van der Waals surface area (Å²) in [6.45, 7) is 1.91. The molecule has 4 rings (SSSR count). The predicted molar refractivity (Wildman–Crippen MR) is 110 cm³/mol. The third-order valence-electron chi connectivity index (χ3n) is 5.05. The number of ketones is 1. The van der Waals surface area contributed by atoms with Crippen LogP contribution in [0.3, 0.4) is 0 Å². The summed E-state index contributed by atoms with van der Waals surface area (Å²) < 4.78 is 44.5. The van der Waals surface area contributed by atoms with Crippen molar-refractivity contribution in [2.45, 2.75) is 19.0 Å². The molecule has 0 saturated carbocycles. The largest absolute Gasteiger partial charge is 0.439 e. The van der Waals surface area contributed by atoms with Gasteiger partial charge in [-0.1, -0.05) is 54.1 Å². The summed E-state index contributed by atoms with van der Waals surface area (Å²) in [5.74, 6) is -2.35. The zero-order valence-corrected chi connectivity index (χ0v) is 16.4. The number of carbonyl (C=O) groups excluding carboxylic acids is 1. The minimum absolute atomic E-state index is 0.0587. The molecule has 0 radical (unpaired) electrons. The molecule has 0 spiro atoms. The van der Waals surface area contributed by atoms with Crippen molar-refractivity contribution in [1.82, 2.24) is 0 Å². The first-order chi connectivity index (χ1) is 14.2. The Morgan fingerprint density at radius 3 is 2.57 bits per heavy atom. The van der Waals surface area contributed by atoms with Gasteiger partial charge in [-0.3, -0.25) is 10.2 Å². The summed E-state index contributed by atoms with van der Waals surface area (Å²) in [7, 11) is 0. The smallest absolute Gasteiger partial charge is 0.416 e. The number of halogens is 4. The van der Waals surface area contributed by atoms with E-state index in [0.717, 1.165) is 28.5 Å². The third kappa shape index (κ3) is 3.48. The SMILES string of the molecule is Cc1cccc2ccc(Cl)c(C=C3OC(=N)C(c4cccc(C(F)(F)F)c4)C3=O)c12. The fourth-order valence-electron chi connectivity index (χ4n) is 3.63. The standard InChI is InChI=1S/C23H15ClF3NO2/c1-12-4-2-5-13-8-9-17(24)16(19(12)13)11-18-21(29)20(22(28)30-18)14-6-3-7-15(10-14)23(25,26)27/h2-11,20,28H,1H3. The van der Waals surface area contributed by atoms with Crippen LogP contribution in [0.5, 0.6) is 0 Å². The zero-order chi connectivity index (χ0) is 21.6. The summed E-state index contributed by atoms with van der Waals surface area (Å²) in [5, 5.41) is 10.2. The molecule has 152 valence electrons. The molecule has 1 aliphatic rings. The maximum Gasteiger partial charge on any atom is 0.416 e. The lowest BCUT2D eigenvalue weighted by molar-refractivity contribution is -0.137. The number of fused-ring (bicyclic) bond motifs is 1. The average molecular weight is 430 g/mol. The molecule has 0 aromatic heterocycles. The van der Waals surface area contributed by atoms with E-state index >= 15 is 0 Å². The van der Waals surface area contributed by atoms with E-state index in [-0.39, 0.29) is 11.3 Å². The maximum atomic E-state index is 13.0. The van der Waals surface area contributed by atoms with Gasteiger partial charge in [0.15, 0.2) is 5.76 Å². The average Bonchev–Trinajstić information content (AvgIpc) is 2.97. The number of Topliss-reactive ketones (excluding diaryl/α,β-unsaturated/α-hetero) is 1. The minimum Gasteiger partial charge on any atom is -0.439 e. The molecule has 1 fully saturated rings. The Morgan fingerprint density at radius 2 is 1.83 bits per heavy atom. The highest BCUT2D eigenvalue weighted by Crippen LogP contribution is 2.37. The van der Waals surface area contributed by atoms with E-state index in [9.17, 15) is 18.0 Å². The Morgan fingerprint density at radius 1 is 1.10 bits per heavy atom. The molecule has 7 heteroatoms. The molecule has 1 atom stereocenters. The molecule has 30 heavy (non-hydrogen) atoms. The Labute approximate surface area is 175 Å². The lowest BCUT2D eigenvalue weighted by Gasteiger charge is -2.10. The fourth-order valence-corrected chi connectivity index (χ4v) is 3.84. The van der Waals surface area contributed by atoms with Crippen molar-refractivity contribution in [3.05, 3.63) is 87.6 Å². The molecule has 1 N–H and O–H groups in total. The number of hydrogen-bond acceptors (Lipinski definition) is 3. The van der Waals surface area contributed by atoms with Crippen LogP contribution in [0.25, 0.3) is 16.8 Å². The molecule has 0 bridgehead atoms. The molecule has 3 aromatic carbocycles. The zero-order valence-electron chi connectivity index (χ0n) is 15.7. The van der Waals surface area contributed by atoms with Gasteiger partial charge in [0.05, 0.1) is 5.56 Å². The minimum atomic E-state index is -4.55. The number of carbonyl (C=O) groups is 1. The van der Waals surface area contributed by atoms with E-state index in [1.807, 2.05) is 31.2 Å². The number of rotatable bonds is 2. The molecular weight excluding hydrogens is 415 g/mol. The van der Waals surface area contributed by atoms with Crippen molar-refractivity contribution in [2.24, 2.45) is 0 Å². The summed E-state index contributed by atoms with van der Waals surface area (Å²) in [4.78, 5) is 13.0. The van der Waals surface area contributed by atoms with Crippen LogP contribution < -0.4 is 0 Å². The van der Waals surface area contributed by atoms with E-state index in [1.165, 1.54) is 18.2 Å². The Hall–Kier alpha value is -3.12. The highest BCUT2D eigenvalue weighted by molar-refractivity contribution is 6.33. The van der Waals surface area contributed by atoms with E-state index in [4.69, 9.17) is 21.7 Å². The van der Waals surface area contributed by atoms with E-state index in [1.54, 1.807) is 6.07 Å². The van der Waals surface area contributed by atoms with Gasteiger partial charge in [0.2, 0.25) is 11.7 Å². The normalized spacial score (nSPS) is 18.3. The molecule has 3 aromatic rings. The van der Waals surface area contributed by atoms with Crippen molar-refractivity contribution < 1.29 is 22.7 Å².